The molecule has 0 aliphatic carbocycles. The van der Waals surface area contributed by atoms with Gasteiger partial charge in [0.2, 0.25) is 0 Å². The predicted molar refractivity (Wildman–Crippen MR) is 395 cm³/mol. The molecule has 0 heterocycles. The lowest BCUT2D eigenvalue weighted by atomic mass is 10.0. The summed E-state index contributed by atoms with van der Waals surface area (Å²) in [6.45, 7) is 7.29. The van der Waals surface area contributed by atoms with Crippen LogP contribution >= 0.6 is 15.6 Å². The van der Waals surface area contributed by atoms with Gasteiger partial charge in [0.25, 0.3) is 0 Å². The highest BCUT2D eigenvalue weighted by molar-refractivity contribution is 7.47. The van der Waals surface area contributed by atoms with Gasteiger partial charge < -0.3 is 33.8 Å². The van der Waals surface area contributed by atoms with Crippen molar-refractivity contribution in [1.82, 2.24) is 0 Å². The van der Waals surface area contributed by atoms with E-state index in [-0.39, 0.29) is 25.7 Å². The highest BCUT2D eigenvalue weighted by Crippen LogP contribution is 2.45. The van der Waals surface area contributed by atoms with Gasteiger partial charge in [-0.3, -0.25) is 37.3 Å². The largest absolute Gasteiger partial charge is 0.472 e. The lowest BCUT2D eigenvalue weighted by molar-refractivity contribution is -0.161. The SMILES string of the molecule is CCCCCCCCCCCCCCCCCCCCCC(=O)OC[C@H](COP(=O)(O)OC[C@@H](O)COP(=O)(O)OC[C@@H](COC(=O)CCCCCCCCCC)OC(=O)CCCCCCCCCCC)OC(=O)CCCCCCCCCCCCCCCCCCCCC(C)C. The number of carbonyl (C=O) groups is 4. The Labute approximate surface area is 594 Å². The first kappa shape index (κ1) is 95.1. The van der Waals surface area contributed by atoms with Crippen LogP contribution in [0.1, 0.15) is 413 Å². The first-order valence-electron chi connectivity index (χ1n) is 40.6. The Bertz CT molecular complexity index is 1860. The molecule has 576 valence electrons. The molecule has 0 spiro atoms. The summed E-state index contributed by atoms with van der Waals surface area (Å²) in [5.74, 6) is -1.30. The Morgan fingerprint density at radius 1 is 0.278 bits per heavy atom. The number of hydrogen-bond acceptors (Lipinski definition) is 15. The molecule has 19 heteroatoms. The number of carbonyl (C=O) groups excluding carboxylic acids is 4. The van der Waals surface area contributed by atoms with Crippen LogP contribution in [0.3, 0.4) is 0 Å². The van der Waals surface area contributed by atoms with Crippen molar-refractivity contribution in [2.45, 2.75) is 432 Å². The molecule has 0 bridgehead atoms. The molecule has 5 atom stereocenters. The quantitative estimate of drug-likeness (QED) is 0.0222. The molecule has 0 aromatic rings. The summed E-state index contributed by atoms with van der Waals surface area (Å²) in [6, 6.07) is 0. The molecule has 0 saturated carbocycles. The Balaban J connectivity index is 5.14. The topological polar surface area (TPSA) is 237 Å². The molecular formula is C78H152O17P2. The predicted octanol–water partition coefficient (Wildman–Crippen LogP) is 23.3. The Hall–Kier alpha value is -1.94. The number of phosphoric acid groups is 2. The van der Waals surface area contributed by atoms with Gasteiger partial charge in [-0.05, 0) is 31.6 Å². The summed E-state index contributed by atoms with van der Waals surface area (Å²) in [4.78, 5) is 72.7. The summed E-state index contributed by atoms with van der Waals surface area (Å²) >= 11 is 0. The van der Waals surface area contributed by atoms with Gasteiger partial charge in [0.05, 0.1) is 26.4 Å². The fourth-order valence-electron chi connectivity index (χ4n) is 12.1. The van der Waals surface area contributed by atoms with Crippen molar-refractivity contribution >= 4 is 39.5 Å². The number of unbranched alkanes of at least 4 members (excludes halogenated alkanes) is 50. The highest BCUT2D eigenvalue weighted by atomic mass is 31.2. The first-order chi connectivity index (χ1) is 47.0. The van der Waals surface area contributed by atoms with Gasteiger partial charge in [-0.25, -0.2) is 9.13 Å². The summed E-state index contributed by atoms with van der Waals surface area (Å²) in [5.41, 5.74) is 0. The summed E-state index contributed by atoms with van der Waals surface area (Å²) in [6.07, 6.45) is 61.3. The van der Waals surface area contributed by atoms with Gasteiger partial charge in [0.1, 0.15) is 19.3 Å². The number of esters is 4. The molecule has 97 heavy (non-hydrogen) atoms. The third-order valence-electron chi connectivity index (χ3n) is 18.3. The number of hydrogen-bond donors (Lipinski definition) is 3. The summed E-state index contributed by atoms with van der Waals surface area (Å²) < 4.78 is 68.4. The van der Waals surface area contributed by atoms with Crippen LogP contribution in [0.25, 0.3) is 0 Å². The van der Waals surface area contributed by atoms with Crippen molar-refractivity contribution in [1.29, 1.82) is 0 Å². The van der Waals surface area contributed by atoms with Gasteiger partial charge >= 0.3 is 39.5 Å². The second-order valence-corrected chi connectivity index (χ2v) is 31.5. The molecule has 0 aliphatic rings. The van der Waals surface area contributed by atoms with Gasteiger partial charge in [-0.15, -0.1) is 0 Å². The maximum Gasteiger partial charge on any atom is 0.472 e. The fourth-order valence-corrected chi connectivity index (χ4v) is 13.6. The maximum atomic E-state index is 13.1. The molecule has 0 aromatic heterocycles. The van der Waals surface area contributed by atoms with E-state index in [1.165, 1.54) is 231 Å². The lowest BCUT2D eigenvalue weighted by Gasteiger charge is -2.21. The number of aliphatic hydroxyl groups is 1. The van der Waals surface area contributed by atoms with Crippen LogP contribution in [0.4, 0.5) is 0 Å². The van der Waals surface area contributed by atoms with Crippen LogP contribution < -0.4 is 0 Å². The number of aliphatic hydroxyl groups excluding tert-OH is 1. The molecule has 0 aliphatic heterocycles. The Kier molecular flexibility index (Phi) is 69.6. The number of ether oxygens (including phenoxy) is 4. The summed E-state index contributed by atoms with van der Waals surface area (Å²) in [7, 11) is -9.90. The molecule has 0 fully saturated rings. The number of phosphoric ester groups is 2. The molecule has 3 N–H and O–H groups in total. The zero-order chi connectivity index (χ0) is 71.2. The van der Waals surface area contributed by atoms with E-state index >= 15 is 0 Å². The fraction of sp³-hybridized carbons (Fsp3) is 0.949. The van der Waals surface area contributed by atoms with Crippen molar-refractivity contribution in [3.63, 3.8) is 0 Å². The molecule has 17 nitrogen and oxygen atoms in total. The van der Waals surface area contributed by atoms with E-state index < -0.39 is 97.5 Å². The number of rotatable bonds is 78. The standard InChI is InChI=1S/C78H152O17P2/c1-6-9-12-15-18-21-22-23-24-25-26-30-33-36-39-43-47-52-57-62-76(81)89-68-74(95-78(83)64-59-54-49-44-40-37-34-31-28-27-29-32-35-38-42-45-50-55-60-71(4)5)70-93-97(86,87)91-66-72(79)65-90-96(84,85)92-69-73(67-88-75(80)61-56-51-46-20-17-14-11-8-3)94-77(82)63-58-53-48-41-19-16-13-10-7-2/h71-74,79H,6-70H2,1-5H3,(H,84,85)(H,86,87)/t72-,73+,74+/m0/s1. The zero-order valence-electron chi connectivity index (χ0n) is 63.2. The van der Waals surface area contributed by atoms with E-state index in [1.807, 2.05) is 0 Å². The van der Waals surface area contributed by atoms with E-state index in [9.17, 15) is 43.2 Å². The van der Waals surface area contributed by atoms with Crippen LogP contribution in [0.5, 0.6) is 0 Å². The molecule has 0 rings (SSSR count). The Morgan fingerprint density at radius 2 is 0.474 bits per heavy atom. The van der Waals surface area contributed by atoms with Crippen LogP contribution in [0, 0.1) is 5.92 Å². The average Bonchev–Trinajstić information content (AvgIpc) is 1.89. The minimum Gasteiger partial charge on any atom is -0.462 e. The molecular weight excluding hydrogens is 1270 g/mol. The molecule has 0 aromatic carbocycles. The highest BCUT2D eigenvalue weighted by Gasteiger charge is 2.30. The molecule has 2 unspecified atom stereocenters. The van der Waals surface area contributed by atoms with E-state index in [2.05, 4.69) is 34.6 Å². The first-order valence-corrected chi connectivity index (χ1v) is 43.6. The van der Waals surface area contributed by atoms with Crippen LogP contribution in [-0.4, -0.2) is 96.7 Å². The molecule has 0 amide bonds. The third-order valence-corrected chi connectivity index (χ3v) is 20.2. The van der Waals surface area contributed by atoms with Crippen molar-refractivity contribution in [2.75, 3.05) is 39.6 Å². The lowest BCUT2D eigenvalue weighted by Crippen LogP contribution is -2.30. The van der Waals surface area contributed by atoms with Crippen LogP contribution in [0.2, 0.25) is 0 Å². The minimum absolute atomic E-state index is 0.106. The van der Waals surface area contributed by atoms with E-state index in [0.717, 1.165) is 102 Å². The van der Waals surface area contributed by atoms with E-state index in [4.69, 9.17) is 37.0 Å². The second kappa shape index (κ2) is 71.1. The van der Waals surface area contributed by atoms with E-state index in [1.54, 1.807) is 0 Å². The molecule has 0 saturated heterocycles. The van der Waals surface area contributed by atoms with Crippen molar-refractivity contribution in [2.24, 2.45) is 5.92 Å². The third kappa shape index (κ3) is 72.2. The van der Waals surface area contributed by atoms with Crippen molar-refractivity contribution in [3.05, 3.63) is 0 Å². The van der Waals surface area contributed by atoms with Gasteiger partial charge in [-0.2, -0.15) is 0 Å². The minimum atomic E-state index is -4.96. The van der Waals surface area contributed by atoms with Crippen molar-refractivity contribution in [3.8, 4) is 0 Å². The normalized spacial score (nSPS) is 13.9. The monoisotopic (exact) mass is 1420 g/mol. The van der Waals surface area contributed by atoms with Gasteiger partial charge in [-0.1, -0.05) is 362 Å². The van der Waals surface area contributed by atoms with Crippen LogP contribution in [-0.2, 0) is 65.4 Å². The zero-order valence-corrected chi connectivity index (χ0v) is 65.0. The van der Waals surface area contributed by atoms with E-state index in [0.29, 0.717) is 25.7 Å². The average molecular weight is 1420 g/mol. The van der Waals surface area contributed by atoms with Gasteiger partial charge in [0, 0.05) is 25.7 Å². The Morgan fingerprint density at radius 3 is 0.701 bits per heavy atom. The summed E-state index contributed by atoms with van der Waals surface area (Å²) in [5, 5.41) is 10.6. The second-order valence-electron chi connectivity index (χ2n) is 28.6. The van der Waals surface area contributed by atoms with Gasteiger partial charge in [0.15, 0.2) is 12.2 Å². The van der Waals surface area contributed by atoms with Crippen LogP contribution in [0.15, 0.2) is 0 Å². The van der Waals surface area contributed by atoms with Crippen molar-refractivity contribution < 1.29 is 80.2 Å². The smallest absolute Gasteiger partial charge is 0.462 e. The maximum absolute atomic E-state index is 13.1. The molecule has 0 radical (unpaired) electrons.